The number of rotatable bonds is 3. The fourth-order valence-electron chi connectivity index (χ4n) is 2.36. The molecule has 0 aliphatic rings. The van der Waals surface area contributed by atoms with Crippen molar-refractivity contribution in [3.8, 4) is 6.07 Å². The van der Waals surface area contributed by atoms with Gasteiger partial charge in [0.1, 0.15) is 11.9 Å². The molecule has 6 heteroatoms. The van der Waals surface area contributed by atoms with Gasteiger partial charge in [-0.05, 0) is 42.3 Å². The predicted octanol–water partition coefficient (Wildman–Crippen LogP) is 3.93. The van der Waals surface area contributed by atoms with E-state index in [1.807, 2.05) is 24.3 Å². The highest BCUT2D eigenvalue weighted by atomic mass is 16.6. The lowest BCUT2D eigenvalue weighted by Gasteiger charge is -2.04. The number of nitriles is 1. The molecular formula is C17H12N4O2. The maximum absolute atomic E-state index is 10.7. The SMILES string of the molecule is C/C(=C(/C#N)c1nc2ccccc2[nH]1)c1ccc([N+](=O)[O-])cc1. The van der Waals surface area contributed by atoms with E-state index in [0.29, 0.717) is 17.0 Å². The van der Waals surface area contributed by atoms with E-state index in [1.165, 1.54) is 12.1 Å². The van der Waals surface area contributed by atoms with Crippen LogP contribution in [0.1, 0.15) is 18.3 Å². The number of H-pyrrole nitrogens is 1. The summed E-state index contributed by atoms with van der Waals surface area (Å²) >= 11 is 0. The summed E-state index contributed by atoms with van der Waals surface area (Å²) in [5.41, 5.74) is 3.52. The number of imidazole rings is 1. The van der Waals surface area contributed by atoms with Gasteiger partial charge in [-0.2, -0.15) is 5.26 Å². The summed E-state index contributed by atoms with van der Waals surface area (Å²) in [5, 5.41) is 20.2. The van der Waals surface area contributed by atoms with E-state index in [-0.39, 0.29) is 5.69 Å². The number of aromatic amines is 1. The van der Waals surface area contributed by atoms with Gasteiger partial charge in [0.05, 0.1) is 21.5 Å². The molecule has 1 heterocycles. The van der Waals surface area contributed by atoms with E-state index in [4.69, 9.17) is 0 Å². The maximum atomic E-state index is 10.7. The third-order valence-electron chi connectivity index (χ3n) is 3.62. The monoisotopic (exact) mass is 304 g/mol. The van der Waals surface area contributed by atoms with Crippen molar-refractivity contribution in [3.63, 3.8) is 0 Å². The van der Waals surface area contributed by atoms with E-state index in [9.17, 15) is 15.4 Å². The van der Waals surface area contributed by atoms with Gasteiger partial charge in [-0.1, -0.05) is 12.1 Å². The number of nitro benzene ring substituents is 1. The van der Waals surface area contributed by atoms with Crippen molar-refractivity contribution in [1.29, 1.82) is 5.26 Å². The molecule has 1 N–H and O–H groups in total. The summed E-state index contributed by atoms with van der Waals surface area (Å²) in [5.74, 6) is 0.490. The molecule has 2 aromatic carbocycles. The number of allylic oxidation sites excluding steroid dienone is 2. The number of nitrogens with zero attached hydrogens (tertiary/aromatic N) is 3. The number of nitro groups is 1. The third-order valence-corrected chi connectivity index (χ3v) is 3.62. The van der Waals surface area contributed by atoms with Crippen LogP contribution in [0, 0.1) is 21.4 Å². The number of hydrogen-bond donors (Lipinski definition) is 1. The molecule has 0 radical (unpaired) electrons. The zero-order valence-electron chi connectivity index (χ0n) is 12.3. The second kappa shape index (κ2) is 5.73. The van der Waals surface area contributed by atoms with Crippen molar-refractivity contribution in [3.05, 3.63) is 70.0 Å². The zero-order valence-corrected chi connectivity index (χ0v) is 12.3. The van der Waals surface area contributed by atoms with E-state index in [0.717, 1.165) is 16.6 Å². The largest absolute Gasteiger partial charge is 0.337 e. The van der Waals surface area contributed by atoms with Gasteiger partial charge in [0.2, 0.25) is 0 Å². The second-order valence-corrected chi connectivity index (χ2v) is 5.02. The third kappa shape index (κ3) is 2.68. The molecule has 0 fully saturated rings. The van der Waals surface area contributed by atoms with Crippen LogP contribution < -0.4 is 0 Å². The van der Waals surface area contributed by atoms with E-state index < -0.39 is 4.92 Å². The normalized spacial score (nSPS) is 11.8. The molecule has 3 rings (SSSR count). The molecule has 0 unspecified atom stereocenters. The first kappa shape index (κ1) is 14.5. The van der Waals surface area contributed by atoms with Gasteiger partial charge in [-0.25, -0.2) is 4.98 Å². The number of fused-ring (bicyclic) bond motifs is 1. The standard InChI is InChI=1S/C17H12N4O2/c1-11(12-6-8-13(9-7-12)21(22)23)14(10-18)17-19-15-4-2-3-5-16(15)20-17/h2-9H,1H3,(H,19,20)/b14-11+. The van der Waals surface area contributed by atoms with Crippen LogP contribution >= 0.6 is 0 Å². The van der Waals surface area contributed by atoms with Gasteiger partial charge in [0.15, 0.2) is 0 Å². The number of non-ortho nitro benzene ring substituents is 1. The van der Waals surface area contributed by atoms with Gasteiger partial charge in [-0.3, -0.25) is 10.1 Å². The second-order valence-electron chi connectivity index (χ2n) is 5.02. The molecule has 0 atom stereocenters. The van der Waals surface area contributed by atoms with Crippen LogP contribution in [0.25, 0.3) is 22.2 Å². The highest BCUT2D eigenvalue weighted by molar-refractivity contribution is 5.96. The minimum Gasteiger partial charge on any atom is -0.337 e. The molecule has 0 saturated carbocycles. The first-order valence-electron chi connectivity index (χ1n) is 6.91. The van der Waals surface area contributed by atoms with Gasteiger partial charge in [0.25, 0.3) is 5.69 Å². The topological polar surface area (TPSA) is 95.6 Å². The summed E-state index contributed by atoms with van der Waals surface area (Å²) in [6.07, 6.45) is 0. The number of nitrogens with one attached hydrogen (secondary N) is 1. The number of aromatic nitrogens is 2. The Morgan fingerprint density at radius 3 is 2.52 bits per heavy atom. The van der Waals surface area contributed by atoms with Gasteiger partial charge >= 0.3 is 0 Å². The number of para-hydroxylation sites is 2. The summed E-state index contributed by atoms with van der Waals surface area (Å²) < 4.78 is 0. The van der Waals surface area contributed by atoms with Gasteiger partial charge < -0.3 is 4.98 Å². The molecule has 6 nitrogen and oxygen atoms in total. The molecule has 0 spiro atoms. The average molecular weight is 304 g/mol. The Balaban J connectivity index is 2.08. The Morgan fingerprint density at radius 2 is 1.91 bits per heavy atom. The van der Waals surface area contributed by atoms with Crippen LogP contribution in [0.5, 0.6) is 0 Å². The van der Waals surface area contributed by atoms with Crippen LogP contribution in [0.3, 0.4) is 0 Å². The fourth-order valence-corrected chi connectivity index (χ4v) is 2.36. The number of hydrogen-bond acceptors (Lipinski definition) is 4. The Labute approximate surface area is 131 Å². The molecule has 3 aromatic rings. The van der Waals surface area contributed by atoms with Crippen molar-refractivity contribution in [2.24, 2.45) is 0 Å². The Bertz CT molecular complexity index is 929. The minimum atomic E-state index is -0.451. The Hall–Kier alpha value is -3.46. The molecule has 0 aliphatic heterocycles. The van der Waals surface area contributed by atoms with Crippen molar-refractivity contribution in [2.75, 3.05) is 0 Å². The lowest BCUT2D eigenvalue weighted by molar-refractivity contribution is -0.384. The quantitative estimate of drug-likeness (QED) is 0.450. The molecule has 112 valence electrons. The zero-order chi connectivity index (χ0) is 16.4. The molecule has 0 aliphatic carbocycles. The summed E-state index contributed by atoms with van der Waals surface area (Å²) in [4.78, 5) is 17.8. The van der Waals surface area contributed by atoms with Crippen molar-refractivity contribution < 1.29 is 4.92 Å². The van der Waals surface area contributed by atoms with Gasteiger partial charge in [-0.15, -0.1) is 0 Å². The fraction of sp³-hybridized carbons (Fsp3) is 0.0588. The lowest BCUT2D eigenvalue weighted by Crippen LogP contribution is -1.92. The highest BCUT2D eigenvalue weighted by Gasteiger charge is 2.13. The molecular weight excluding hydrogens is 292 g/mol. The predicted molar refractivity (Wildman–Crippen MR) is 87.3 cm³/mol. The van der Waals surface area contributed by atoms with Crippen LogP contribution in [0.2, 0.25) is 0 Å². The molecule has 0 saturated heterocycles. The summed E-state index contributed by atoms with van der Waals surface area (Å²) in [6.45, 7) is 1.80. The van der Waals surface area contributed by atoms with Crippen molar-refractivity contribution in [1.82, 2.24) is 9.97 Å². The van der Waals surface area contributed by atoms with Crippen LogP contribution in [-0.4, -0.2) is 14.9 Å². The Kier molecular flexibility index (Phi) is 3.61. The smallest absolute Gasteiger partial charge is 0.269 e. The van der Waals surface area contributed by atoms with Crippen LogP contribution in [-0.2, 0) is 0 Å². The first-order valence-corrected chi connectivity index (χ1v) is 6.91. The first-order chi connectivity index (χ1) is 11.1. The minimum absolute atomic E-state index is 0.0174. The number of benzene rings is 2. The van der Waals surface area contributed by atoms with Crippen molar-refractivity contribution in [2.45, 2.75) is 6.92 Å². The van der Waals surface area contributed by atoms with E-state index in [1.54, 1.807) is 19.1 Å². The summed E-state index contributed by atoms with van der Waals surface area (Å²) in [7, 11) is 0. The summed E-state index contributed by atoms with van der Waals surface area (Å²) in [6, 6.07) is 15.8. The van der Waals surface area contributed by atoms with Gasteiger partial charge in [0, 0.05) is 12.1 Å². The Morgan fingerprint density at radius 1 is 1.22 bits per heavy atom. The average Bonchev–Trinajstić information content (AvgIpc) is 2.99. The highest BCUT2D eigenvalue weighted by Crippen LogP contribution is 2.26. The van der Waals surface area contributed by atoms with Crippen LogP contribution in [0.15, 0.2) is 48.5 Å². The lowest BCUT2D eigenvalue weighted by atomic mass is 10.0. The molecule has 1 aromatic heterocycles. The molecule has 23 heavy (non-hydrogen) atoms. The van der Waals surface area contributed by atoms with Crippen molar-refractivity contribution >= 4 is 27.9 Å². The maximum Gasteiger partial charge on any atom is 0.269 e. The molecule has 0 amide bonds. The van der Waals surface area contributed by atoms with E-state index >= 15 is 0 Å². The van der Waals surface area contributed by atoms with Crippen LogP contribution in [0.4, 0.5) is 5.69 Å². The van der Waals surface area contributed by atoms with E-state index in [2.05, 4.69) is 16.0 Å². The molecule has 0 bridgehead atoms.